The van der Waals surface area contributed by atoms with Crippen molar-refractivity contribution in [3.8, 4) is 11.5 Å². The Labute approximate surface area is 321 Å². The highest BCUT2D eigenvalue weighted by molar-refractivity contribution is 6.09. The van der Waals surface area contributed by atoms with Crippen LogP contribution in [0.1, 0.15) is 83.4 Å². The van der Waals surface area contributed by atoms with Crippen LogP contribution in [0.5, 0.6) is 11.5 Å². The SMILES string of the molecule is CCc1cc(Cc2ccc(C)c(NC(=O)C3=CC(=O)C[C@@H](c4ccc(OC)cc4)O3)c2CC)cc(C)c1NC(=O)C1=CC(=O)C[C@@H](c2ccc(OC)cc2)O1. The summed E-state index contributed by atoms with van der Waals surface area (Å²) in [6.07, 6.45) is 3.52. The maximum atomic E-state index is 13.6. The summed E-state index contributed by atoms with van der Waals surface area (Å²) in [6.45, 7) is 7.95. The van der Waals surface area contributed by atoms with Crippen molar-refractivity contribution in [2.75, 3.05) is 24.9 Å². The van der Waals surface area contributed by atoms with Gasteiger partial charge in [-0.3, -0.25) is 19.2 Å². The summed E-state index contributed by atoms with van der Waals surface area (Å²) in [5, 5.41) is 6.07. The lowest BCUT2D eigenvalue weighted by molar-refractivity contribution is -0.124. The van der Waals surface area contributed by atoms with E-state index >= 15 is 0 Å². The molecule has 2 aliphatic heterocycles. The van der Waals surface area contributed by atoms with Crippen LogP contribution in [0.2, 0.25) is 0 Å². The maximum Gasteiger partial charge on any atom is 0.290 e. The summed E-state index contributed by atoms with van der Waals surface area (Å²) in [4.78, 5) is 52.5. The summed E-state index contributed by atoms with van der Waals surface area (Å²) in [7, 11) is 3.17. The Morgan fingerprint density at radius 3 is 1.64 bits per heavy atom. The summed E-state index contributed by atoms with van der Waals surface area (Å²) < 4.78 is 22.6. The van der Waals surface area contributed by atoms with Gasteiger partial charge in [0.2, 0.25) is 0 Å². The first-order valence-electron chi connectivity index (χ1n) is 18.5. The van der Waals surface area contributed by atoms with Crippen molar-refractivity contribution in [3.05, 3.63) is 141 Å². The molecular weight excluding hydrogens is 697 g/mol. The summed E-state index contributed by atoms with van der Waals surface area (Å²) in [6, 6.07) is 22.7. The van der Waals surface area contributed by atoms with Crippen molar-refractivity contribution >= 4 is 34.8 Å². The second-order valence-corrected chi connectivity index (χ2v) is 13.8. The van der Waals surface area contributed by atoms with Gasteiger partial charge in [0, 0.05) is 23.5 Å². The molecule has 284 valence electrons. The lowest BCUT2D eigenvalue weighted by Crippen LogP contribution is -2.25. The first-order valence-corrected chi connectivity index (χ1v) is 18.5. The standard InChI is InChI=1S/C45H46N2O8/c1-7-29-20-28(19-27(4)42(29)46-44(50)40-24-33(48)22-38(54-40)30-11-15-35(52-5)16-12-30)21-32-10-9-26(3)43(37(32)8-2)47-45(51)41-25-34(49)23-39(55-41)31-13-17-36(53-6)18-14-31/h9-20,24-25,38-39H,7-8,21-23H2,1-6H3,(H,46,50)(H,47,51)/t38-,39-/m0/s1. The minimum atomic E-state index is -0.586. The average molecular weight is 743 g/mol. The van der Waals surface area contributed by atoms with E-state index in [1.165, 1.54) is 12.2 Å². The smallest absolute Gasteiger partial charge is 0.290 e. The van der Waals surface area contributed by atoms with E-state index in [0.717, 1.165) is 44.5 Å². The number of hydrogen-bond donors (Lipinski definition) is 2. The number of allylic oxidation sites excluding steroid dienone is 2. The summed E-state index contributed by atoms with van der Waals surface area (Å²) >= 11 is 0. The van der Waals surface area contributed by atoms with Gasteiger partial charge >= 0.3 is 0 Å². The van der Waals surface area contributed by atoms with Crippen LogP contribution in [0.15, 0.2) is 96.5 Å². The predicted octanol–water partition coefficient (Wildman–Crippen LogP) is 8.14. The van der Waals surface area contributed by atoms with Crippen molar-refractivity contribution in [3.63, 3.8) is 0 Å². The van der Waals surface area contributed by atoms with Crippen LogP contribution in [-0.2, 0) is 47.9 Å². The van der Waals surface area contributed by atoms with Crippen molar-refractivity contribution in [1.29, 1.82) is 0 Å². The normalized spacial score (nSPS) is 16.6. The molecular formula is C45H46N2O8. The van der Waals surface area contributed by atoms with Gasteiger partial charge in [-0.25, -0.2) is 0 Å². The average Bonchev–Trinajstić information content (AvgIpc) is 3.19. The van der Waals surface area contributed by atoms with Gasteiger partial charge in [-0.2, -0.15) is 0 Å². The van der Waals surface area contributed by atoms with Gasteiger partial charge in [0.1, 0.15) is 23.7 Å². The molecule has 0 aliphatic carbocycles. The van der Waals surface area contributed by atoms with E-state index in [0.29, 0.717) is 42.1 Å². The molecule has 0 saturated carbocycles. The molecule has 0 radical (unpaired) electrons. The van der Waals surface area contributed by atoms with Crippen LogP contribution in [0.4, 0.5) is 11.4 Å². The fourth-order valence-electron chi connectivity index (χ4n) is 7.10. The van der Waals surface area contributed by atoms with Crippen molar-refractivity contribution in [2.45, 2.75) is 72.0 Å². The van der Waals surface area contributed by atoms with Gasteiger partial charge in [-0.05, 0) is 102 Å². The number of amides is 2. The number of methoxy groups -OCH3 is 2. The number of ketones is 2. The first-order chi connectivity index (χ1) is 26.5. The molecule has 4 aromatic rings. The van der Waals surface area contributed by atoms with Gasteiger partial charge in [0.05, 0.1) is 27.1 Å². The fourth-order valence-corrected chi connectivity index (χ4v) is 7.10. The predicted molar refractivity (Wildman–Crippen MR) is 210 cm³/mol. The van der Waals surface area contributed by atoms with E-state index in [2.05, 4.69) is 22.8 Å². The number of aryl methyl sites for hydroxylation is 3. The van der Waals surface area contributed by atoms with Gasteiger partial charge < -0.3 is 29.6 Å². The second kappa shape index (κ2) is 16.9. The topological polar surface area (TPSA) is 129 Å². The lowest BCUT2D eigenvalue weighted by Gasteiger charge is -2.25. The number of hydrogen-bond acceptors (Lipinski definition) is 8. The molecule has 0 fully saturated rings. The number of nitrogens with one attached hydrogen (secondary N) is 2. The van der Waals surface area contributed by atoms with Crippen LogP contribution in [0.25, 0.3) is 0 Å². The minimum Gasteiger partial charge on any atom is -0.497 e. The fraction of sp³-hybridized carbons (Fsp3) is 0.289. The number of carbonyl (C=O) groups is 4. The quantitative estimate of drug-likeness (QED) is 0.149. The molecule has 6 rings (SSSR count). The zero-order valence-electron chi connectivity index (χ0n) is 32.0. The number of ether oxygens (including phenoxy) is 4. The largest absolute Gasteiger partial charge is 0.497 e. The Morgan fingerprint density at radius 2 is 1.16 bits per heavy atom. The van der Waals surface area contributed by atoms with Gasteiger partial charge in [-0.1, -0.05) is 62.4 Å². The molecule has 0 spiro atoms. The molecule has 2 N–H and O–H groups in total. The highest BCUT2D eigenvalue weighted by atomic mass is 16.5. The highest BCUT2D eigenvalue weighted by Gasteiger charge is 2.30. The molecule has 55 heavy (non-hydrogen) atoms. The maximum absolute atomic E-state index is 13.6. The van der Waals surface area contributed by atoms with Gasteiger partial charge in [0.25, 0.3) is 11.8 Å². The molecule has 10 nitrogen and oxygen atoms in total. The Bertz CT molecular complexity index is 2180. The Morgan fingerprint density at radius 1 is 0.655 bits per heavy atom. The molecule has 10 heteroatoms. The Balaban J connectivity index is 1.18. The third-order valence-corrected chi connectivity index (χ3v) is 10.0. The molecule has 2 aliphatic rings. The molecule has 2 amide bonds. The zero-order chi connectivity index (χ0) is 39.2. The Hall–Kier alpha value is -6.16. The van der Waals surface area contributed by atoms with Crippen molar-refractivity contribution in [2.24, 2.45) is 0 Å². The lowest BCUT2D eigenvalue weighted by atomic mass is 9.92. The monoisotopic (exact) mass is 742 g/mol. The van der Waals surface area contributed by atoms with E-state index in [4.69, 9.17) is 18.9 Å². The molecule has 0 bridgehead atoms. The first kappa shape index (κ1) is 38.6. The van der Waals surface area contributed by atoms with Crippen LogP contribution in [-0.4, -0.2) is 37.6 Å². The summed E-state index contributed by atoms with van der Waals surface area (Å²) in [5.74, 6) is -0.0275. The van der Waals surface area contributed by atoms with Gasteiger partial charge in [-0.15, -0.1) is 0 Å². The van der Waals surface area contributed by atoms with Crippen LogP contribution in [0, 0.1) is 13.8 Å². The molecule has 2 atom stereocenters. The third-order valence-electron chi connectivity index (χ3n) is 10.0. The van der Waals surface area contributed by atoms with E-state index in [9.17, 15) is 19.2 Å². The second-order valence-electron chi connectivity index (χ2n) is 13.8. The van der Waals surface area contributed by atoms with Crippen molar-refractivity contribution in [1.82, 2.24) is 0 Å². The molecule has 0 unspecified atom stereocenters. The van der Waals surface area contributed by atoms with Crippen molar-refractivity contribution < 1.29 is 38.1 Å². The van der Waals surface area contributed by atoms with E-state index < -0.39 is 24.0 Å². The molecule has 0 aromatic heterocycles. The highest BCUT2D eigenvalue weighted by Crippen LogP contribution is 2.34. The van der Waals surface area contributed by atoms with Gasteiger partial charge in [0.15, 0.2) is 23.1 Å². The van der Waals surface area contributed by atoms with Crippen LogP contribution >= 0.6 is 0 Å². The Kier molecular flexibility index (Phi) is 11.8. The zero-order valence-corrected chi connectivity index (χ0v) is 32.0. The minimum absolute atomic E-state index is 0.0280. The molecule has 4 aromatic carbocycles. The number of carbonyl (C=O) groups excluding carboxylic acids is 4. The van der Waals surface area contributed by atoms with E-state index in [1.807, 2.05) is 64.1 Å². The van der Waals surface area contributed by atoms with Crippen LogP contribution in [0.3, 0.4) is 0 Å². The third kappa shape index (κ3) is 8.81. The number of benzene rings is 4. The van der Waals surface area contributed by atoms with Crippen LogP contribution < -0.4 is 20.1 Å². The van der Waals surface area contributed by atoms with E-state index in [1.54, 1.807) is 38.5 Å². The van der Waals surface area contributed by atoms with E-state index in [-0.39, 0.29) is 35.9 Å². The molecule has 2 heterocycles. The summed E-state index contributed by atoms with van der Waals surface area (Å²) in [5.41, 5.74) is 8.67. The molecule has 0 saturated heterocycles. The number of rotatable bonds is 12. The number of anilines is 2.